The summed E-state index contributed by atoms with van der Waals surface area (Å²) in [7, 11) is 0. The van der Waals surface area contributed by atoms with Crippen molar-refractivity contribution < 1.29 is 14.3 Å². The maximum Gasteiger partial charge on any atom is 0.410 e. The Bertz CT molecular complexity index is 540. The summed E-state index contributed by atoms with van der Waals surface area (Å²) in [6.45, 7) is 2.50. The minimum Gasteiger partial charge on any atom is -0.445 e. The van der Waals surface area contributed by atoms with Crippen LogP contribution in [0.4, 0.5) is 4.79 Å². The number of carbonyl (C=O) groups excluding carboxylic acids is 2. The van der Waals surface area contributed by atoms with Crippen LogP contribution in [0.15, 0.2) is 30.3 Å². The first-order chi connectivity index (χ1) is 11.3. The number of benzene rings is 1. The Morgan fingerprint density at radius 1 is 1.00 bits per heavy atom. The van der Waals surface area contributed by atoms with Gasteiger partial charge < -0.3 is 9.64 Å². The van der Waals surface area contributed by atoms with Gasteiger partial charge in [0.1, 0.15) is 12.6 Å². The monoisotopic (exact) mass is 316 g/mol. The molecule has 1 atom stereocenters. The molecule has 1 aromatic carbocycles. The standard InChI is InChI=1S/C18H24N2O3/c21-17(19-11-5-2-6-12-19)16-10-7-13-20(16)18(22)23-14-15-8-3-1-4-9-15/h1,3-4,8-9,16H,2,5-7,10-14H2/t16-/m1/s1. The lowest BCUT2D eigenvalue weighted by Crippen LogP contribution is -2.49. The van der Waals surface area contributed by atoms with Crippen molar-refractivity contribution in [3.8, 4) is 0 Å². The molecule has 0 aliphatic carbocycles. The van der Waals surface area contributed by atoms with E-state index in [1.807, 2.05) is 35.2 Å². The van der Waals surface area contributed by atoms with Crippen molar-refractivity contribution >= 4 is 12.0 Å². The lowest BCUT2D eigenvalue weighted by atomic mass is 10.1. The van der Waals surface area contributed by atoms with Gasteiger partial charge in [0.25, 0.3) is 0 Å². The van der Waals surface area contributed by atoms with Gasteiger partial charge in [0, 0.05) is 19.6 Å². The number of nitrogens with zero attached hydrogens (tertiary/aromatic N) is 2. The van der Waals surface area contributed by atoms with E-state index in [1.165, 1.54) is 6.42 Å². The summed E-state index contributed by atoms with van der Waals surface area (Å²) in [6, 6.07) is 9.28. The van der Waals surface area contributed by atoms with Crippen LogP contribution < -0.4 is 0 Å². The molecule has 2 saturated heterocycles. The van der Waals surface area contributed by atoms with Crippen molar-refractivity contribution in [2.75, 3.05) is 19.6 Å². The molecule has 0 saturated carbocycles. The molecule has 5 heteroatoms. The molecule has 3 rings (SSSR count). The van der Waals surface area contributed by atoms with Crippen LogP contribution in [0.25, 0.3) is 0 Å². The number of hydrogen-bond acceptors (Lipinski definition) is 3. The highest BCUT2D eigenvalue weighted by Crippen LogP contribution is 2.22. The molecule has 0 radical (unpaired) electrons. The molecule has 2 amide bonds. The minimum atomic E-state index is -0.373. The lowest BCUT2D eigenvalue weighted by molar-refractivity contribution is -0.136. The number of hydrogen-bond donors (Lipinski definition) is 0. The molecule has 2 fully saturated rings. The van der Waals surface area contributed by atoms with Gasteiger partial charge in [-0.25, -0.2) is 4.79 Å². The third kappa shape index (κ3) is 3.84. The van der Waals surface area contributed by atoms with Crippen LogP contribution >= 0.6 is 0 Å². The number of rotatable bonds is 3. The summed E-state index contributed by atoms with van der Waals surface area (Å²) in [5.41, 5.74) is 0.957. The fraction of sp³-hybridized carbons (Fsp3) is 0.556. The van der Waals surface area contributed by atoms with Gasteiger partial charge in [0.05, 0.1) is 0 Å². The van der Waals surface area contributed by atoms with Crippen molar-refractivity contribution in [1.82, 2.24) is 9.80 Å². The van der Waals surface area contributed by atoms with E-state index in [-0.39, 0.29) is 24.6 Å². The zero-order valence-electron chi connectivity index (χ0n) is 13.4. The summed E-state index contributed by atoms with van der Waals surface area (Å²) < 4.78 is 5.40. The normalized spacial score (nSPS) is 21.3. The Morgan fingerprint density at radius 2 is 1.74 bits per heavy atom. The molecule has 2 aliphatic rings. The van der Waals surface area contributed by atoms with Crippen molar-refractivity contribution in [2.24, 2.45) is 0 Å². The molecule has 5 nitrogen and oxygen atoms in total. The highest BCUT2D eigenvalue weighted by molar-refractivity contribution is 5.86. The molecular formula is C18H24N2O3. The van der Waals surface area contributed by atoms with Crippen LogP contribution in [-0.4, -0.2) is 47.5 Å². The molecule has 23 heavy (non-hydrogen) atoms. The number of carbonyl (C=O) groups is 2. The second kappa shape index (κ2) is 7.49. The van der Waals surface area contributed by atoms with E-state index in [0.29, 0.717) is 6.54 Å². The number of amides is 2. The van der Waals surface area contributed by atoms with Gasteiger partial charge in [-0.1, -0.05) is 30.3 Å². The van der Waals surface area contributed by atoms with Gasteiger partial charge in [-0.15, -0.1) is 0 Å². The highest BCUT2D eigenvalue weighted by atomic mass is 16.6. The topological polar surface area (TPSA) is 49.9 Å². The third-order valence-electron chi connectivity index (χ3n) is 4.65. The van der Waals surface area contributed by atoms with Crippen LogP contribution in [0.3, 0.4) is 0 Å². The Kier molecular flexibility index (Phi) is 5.16. The molecule has 1 aromatic rings. The first-order valence-corrected chi connectivity index (χ1v) is 8.52. The molecule has 124 valence electrons. The highest BCUT2D eigenvalue weighted by Gasteiger charge is 2.37. The predicted molar refractivity (Wildman–Crippen MR) is 86.8 cm³/mol. The van der Waals surface area contributed by atoms with Crippen molar-refractivity contribution in [3.05, 3.63) is 35.9 Å². The second-order valence-electron chi connectivity index (χ2n) is 6.28. The Balaban J connectivity index is 1.57. The van der Waals surface area contributed by atoms with Crippen LogP contribution in [0.5, 0.6) is 0 Å². The first kappa shape index (κ1) is 15.8. The molecule has 0 aromatic heterocycles. The van der Waals surface area contributed by atoms with Crippen LogP contribution in [0.1, 0.15) is 37.7 Å². The summed E-state index contributed by atoms with van der Waals surface area (Å²) in [5.74, 6) is 0.0962. The molecule has 2 aliphatic heterocycles. The SMILES string of the molecule is O=C([C@H]1CCCN1C(=O)OCc1ccccc1)N1CCCCC1. The number of ether oxygens (including phenoxy) is 1. The second-order valence-corrected chi connectivity index (χ2v) is 6.28. The molecule has 2 heterocycles. The van der Waals surface area contributed by atoms with E-state index in [4.69, 9.17) is 4.74 Å². The summed E-state index contributed by atoms with van der Waals surface area (Å²) in [4.78, 5) is 28.5. The quantitative estimate of drug-likeness (QED) is 0.861. The Hall–Kier alpha value is -2.04. The largest absolute Gasteiger partial charge is 0.445 e. The van der Waals surface area contributed by atoms with Gasteiger partial charge in [-0.3, -0.25) is 9.69 Å². The zero-order chi connectivity index (χ0) is 16.1. The Morgan fingerprint density at radius 3 is 2.48 bits per heavy atom. The number of likely N-dealkylation sites (tertiary alicyclic amines) is 2. The van der Waals surface area contributed by atoms with E-state index in [0.717, 1.165) is 44.3 Å². The minimum absolute atomic E-state index is 0.0962. The van der Waals surface area contributed by atoms with Crippen LogP contribution in [0.2, 0.25) is 0 Å². The van der Waals surface area contributed by atoms with Crippen molar-refractivity contribution in [1.29, 1.82) is 0 Å². The van der Waals surface area contributed by atoms with Crippen LogP contribution in [0, 0.1) is 0 Å². The van der Waals surface area contributed by atoms with E-state index in [9.17, 15) is 9.59 Å². The molecule has 0 N–H and O–H groups in total. The summed E-state index contributed by atoms with van der Waals surface area (Å²) in [5, 5.41) is 0. The van der Waals surface area contributed by atoms with Gasteiger partial charge in [0.2, 0.25) is 5.91 Å². The molecule has 0 spiro atoms. The van der Waals surface area contributed by atoms with E-state index in [1.54, 1.807) is 4.90 Å². The average Bonchev–Trinajstić information content (AvgIpc) is 3.10. The number of piperidine rings is 1. The van der Waals surface area contributed by atoms with Gasteiger partial charge >= 0.3 is 6.09 Å². The van der Waals surface area contributed by atoms with Crippen LogP contribution in [-0.2, 0) is 16.1 Å². The maximum atomic E-state index is 12.7. The lowest BCUT2D eigenvalue weighted by Gasteiger charge is -2.32. The molecule has 0 unspecified atom stereocenters. The fourth-order valence-electron chi connectivity index (χ4n) is 3.37. The zero-order valence-corrected chi connectivity index (χ0v) is 13.4. The summed E-state index contributed by atoms with van der Waals surface area (Å²) >= 11 is 0. The third-order valence-corrected chi connectivity index (χ3v) is 4.65. The maximum absolute atomic E-state index is 12.7. The van der Waals surface area contributed by atoms with Gasteiger partial charge in [-0.2, -0.15) is 0 Å². The molecule has 0 bridgehead atoms. The first-order valence-electron chi connectivity index (χ1n) is 8.52. The van der Waals surface area contributed by atoms with Crippen molar-refractivity contribution in [2.45, 2.75) is 44.8 Å². The molecular weight excluding hydrogens is 292 g/mol. The fourth-order valence-corrected chi connectivity index (χ4v) is 3.37. The van der Waals surface area contributed by atoms with E-state index < -0.39 is 0 Å². The van der Waals surface area contributed by atoms with Gasteiger partial charge in [0.15, 0.2) is 0 Å². The van der Waals surface area contributed by atoms with Gasteiger partial charge in [-0.05, 0) is 37.7 Å². The van der Waals surface area contributed by atoms with E-state index >= 15 is 0 Å². The Labute approximate surface area is 137 Å². The average molecular weight is 316 g/mol. The van der Waals surface area contributed by atoms with Crippen molar-refractivity contribution in [3.63, 3.8) is 0 Å². The predicted octanol–water partition coefficient (Wildman–Crippen LogP) is 2.80. The summed E-state index contributed by atoms with van der Waals surface area (Å²) in [6.07, 6.45) is 4.56. The van der Waals surface area contributed by atoms with E-state index in [2.05, 4.69) is 0 Å². The smallest absolute Gasteiger partial charge is 0.410 e.